The van der Waals surface area contributed by atoms with E-state index in [1.807, 2.05) is 18.4 Å². The van der Waals surface area contributed by atoms with Crippen molar-refractivity contribution in [3.63, 3.8) is 0 Å². The van der Waals surface area contributed by atoms with Gasteiger partial charge in [-0.25, -0.2) is 0 Å². The highest BCUT2D eigenvalue weighted by molar-refractivity contribution is 8.03. The number of rotatable bonds is 3. The number of halogens is 3. The van der Waals surface area contributed by atoms with Crippen molar-refractivity contribution < 1.29 is 13.2 Å². The van der Waals surface area contributed by atoms with Crippen LogP contribution in [-0.2, 0) is 5.41 Å². The number of benzene rings is 1. The fourth-order valence-electron chi connectivity index (χ4n) is 3.70. The minimum Gasteiger partial charge on any atom is -0.397 e. The maximum absolute atomic E-state index is 13.0. The zero-order valence-corrected chi connectivity index (χ0v) is 23.1. The molecule has 0 aliphatic carbocycles. The molecule has 0 radical (unpaired) electrons. The minimum absolute atomic E-state index is 0.0291. The molecule has 2 heterocycles. The van der Waals surface area contributed by atoms with Crippen molar-refractivity contribution in [2.75, 3.05) is 11.9 Å². The van der Waals surface area contributed by atoms with Gasteiger partial charge in [0, 0.05) is 22.5 Å². The molecule has 1 unspecified atom stereocenters. The Morgan fingerprint density at radius 1 is 1.05 bits per heavy atom. The molecule has 3 rings (SSSR count). The van der Waals surface area contributed by atoms with Crippen LogP contribution in [0.25, 0.3) is 0 Å². The number of alkyl halides is 3. The predicted molar refractivity (Wildman–Crippen MR) is 150 cm³/mol. The summed E-state index contributed by atoms with van der Waals surface area (Å²) in [5, 5.41) is 6.48. The van der Waals surface area contributed by atoms with Crippen LogP contribution in [0.3, 0.4) is 0 Å². The van der Waals surface area contributed by atoms with Gasteiger partial charge in [0.25, 0.3) is 0 Å². The maximum Gasteiger partial charge on any atom is 0.407 e. The van der Waals surface area contributed by atoms with E-state index in [4.69, 9.17) is 11.5 Å². The highest BCUT2D eigenvalue weighted by atomic mass is 32.2. The summed E-state index contributed by atoms with van der Waals surface area (Å²) in [6, 6.07) is 4.27. The third-order valence-corrected chi connectivity index (χ3v) is 7.21. The summed E-state index contributed by atoms with van der Waals surface area (Å²) in [5.74, 6) is 0. The number of allylic oxidation sites excluding steroid dienone is 6. The lowest BCUT2D eigenvalue weighted by Crippen LogP contribution is -2.36. The topological polar surface area (TPSA) is 76.1 Å². The van der Waals surface area contributed by atoms with E-state index in [0.717, 1.165) is 32.7 Å². The Kier molecular flexibility index (Phi) is 8.44. The standard InChI is InChI=1S/C29H37F3N4S/c1-27(2,3)19-8-7-12-35-22-10-9-20(28(4,5)6)16-25(22)37-24(15-19)18-11-13-36-23(14-18)21(33)17-26(34)29(30,31)32/h7-12,14-17,26,35-36H,13,33-34H2,1-6H3/b12-7+,19-8+,21-17-,24-15+. The lowest BCUT2D eigenvalue weighted by molar-refractivity contribution is -0.137. The summed E-state index contributed by atoms with van der Waals surface area (Å²) in [6.07, 6.45) is 8.24. The highest BCUT2D eigenvalue weighted by Crippen LogP contribution is 2.42. The van der Waals surface area contributed by atoms with E-state index in [0.29, 0.717) is 12.2 Å². The molecule has 2 aliphatic rings. The van der Waals surface area contributed by atoms with Crippen LogP contribution in [0, 0.1) is 5.41 Å². The summed E-state index contributed by atoms with van der Waals surface area (Å²) in [5.41, 5.74) is 15.7. The smallest absolute Gasteiger partial charge is 0.397 e. The van der Waals surface area contributed by atoms with Crippen LogP contribution in [0.1, 0.15) is 47.1 Å². The summed E-state index contributed by atoms with van der Waals surface area (Å²) in [6.45, 7) is 13.4. The summed E-state index contributed by atoms with van der Waals surface area (Å²) in [4.78, 5) is 2.02. The average molecular weight is 531 g/mol. The SMILES string of the molecule is CC(C)(C)C1=C/C=C/Nc2ccc(C(C)(C)C)cc2S\C(C2=CCNC(/C(N)=C/C(N)C(F)(F)F)=C2)=C\1. The van der Waals surface area contributed by atoms with Crippen molar-refractivity contribution in [1.29, 1.82) is 0 Å². The van der Waals surface area contributed by atoms with Crippen molar-refractivity contribution in [2.24, 2.45) is 16.9 Å². The third kappa shape index (κ3) is 7.58. The number of thioether (sulfide) groups is 1. The van der Waals surface area contributed by atoms with Crippen LogP contribution in [0.4, 0.5) is 18.9 Å². The molecular formula is C29H37F3N4S. The Labute approximate surface area is 222 Å². The van der Waals surface area contributed by atoms with Crippen LogP contribution in [0.5, 0.6) is 0 Å². The second-order valence-corrected chi connectivity index (χ2v) is 12.3. The van der Waals surface area contributed by atoms with E-state index in [-0.39, 0.29) is 16.5 Å². The van der Waals surface area contributed by atoms with Gasteiger partial charge in [0.05, 0.1) is 17.1 Å². The Bertz CT molecular complexity index is 1200. The van der Waals surface area contributed by atoms with E-state index in [1.54, 1.807) is 17.8 Å². The number of dihydropyridines is 1. The molecule has 1 aromatic carbocycles. The molecule has 0 aromatic heterocycles. The first-order valence-corrected chi connectivity index (χ1v) is 13.0. The number of nitrogens with two attached hydrogens (primary N) is 2. The quantitative estimate of drug-likeness (QED) is 0.338. The van der Waals surface area contributed by atoms with E-state index < -0.39 is 12.2 Å². The first-order valence-electron chi connectivity index (χ1n) is 12.2. The summed E-state index contributed by atoms with van der Waals surface area (Å²) >= 11 is 1.62. The van der Waals surface area contributed by atoms with Gasteiger partial charge in [0.15, 0.2) is 0 Å². The van der Waals surface area contributed by atoms with Crippen LogP contribution in [0.15, 0.2) is 93.2 Å². The number of anilines is 1. The number of hydrogen-bond acceptors (Lipinski definition) is 5. The zero-order chi connectivity index (χ0) is 27.6. The number of hydrogen-bond donors (Lipinski definition) is 4. The van der Waals surface area contributed by atoms with Gasteiger partial charge in [0.1, 0.15) is 6.04 Å². The van der Waals surface area contributed by atoms with Crippen molar-refractivity contribution >= 4 is 17.4 Å². The Morgan fingerprint density at radius 2 is 1.76 bits per heavy atom. The van der Waals surface area contributed by atoms with E-state index >= 15 is 0 Å². The van der Waals surface area contributed by atoms with Gasteiger partial charge in [0.2, 0.25) is 0 Å². The normalized spacial score (nSPS) is 22.1. The first-order chi connectivity index (χ1) is 17.1. The fraction of sp³-hybridized carbons (Fsp3) is 0.379. The maximum atomic E-state index is 13.0. The van der Waals surface area contributed by atoms with Crippen molar-refractivity contribution in [1.82, 2.24) is 5.32 Å². The van der Waals surface area contributed by atoms with E-state index in [9.17, 15) is 13.2 Å². The number of fused-ring (bicyclic) bond motifs is 1. The monoisotopic (exact) mass is 530 g/mol. The molecule has 1 atom stereocenters. The second-order valence-electron chi connectivity index (χ2n) is 11.2. The first kappa shape index (κ1) is 28.7. The third-order valence-electron chi connectivity index (χ3n) is 6.08. The lowest BCUT2D eigenvalue weighted by atomic mass is 9.85. The van der Waals surface area contributed by atoms with Crippen molar-refractivity contribution in [2.45, 2.75) is 64.1 Å². The van der Waals surface area contributed by atoms with Gasteiger partial charge in [-0.15, -0.1) is 0 Å². The van der Waals surface area contributed by atoms with Gasteiger partial charge in [-0.1, -0.05) is 71.5 Å². The van der Waals surface area contributed by atoms with E-state index in [1.165, 1.54) is 5.56 Å². The second kappa shape index (κ2) is 10.9. The molecule has 0 spiro atoms. The summed E-state index contributed by atoms with van der Waals surface area (Å²) < 4.78 is 39.0. The summed E-state index contributed by atoms with van der Waals surface area (Å²) in [7, 11) is 0. The molecule has 4 nitrogen and oxygen atoms in total. The van der Waals surface area contributed by atoms with Gasteiger partial charge >= 0.3 is 6.18 Å². The molecule has 0 bridgehead atoms. The van der Waals surface area contributed by atoms with E-state index in [2.05, 4.69) is 82.5 Å². The number of nitrogens with one attached hydrogen (secondary N) is 2. The van der Waals surface area contributed by atoms with Crippen LogP contribution >= 0.6 is 11.8 Å². The molecule has 37 heavy (non-hydrogen) atoms. The molecule has 200 valence electrons. The van der Waals surface area contributed by atoms with Gasteiger partial charge in [-0.05, 0) is 64.0 Å². The Balaban J connectivity index is 2.12. The van der Waals surface area contributed by atoms with Crippen LogP contribution in [-0.4, -0.2) is 18.8 Å². The Hall–Kier alpha value is -2.84. The average Bonchev–Trinajstić information content (AvgIpc) is 2.79. The molecule has 0 saturated heterocycles. The predicted octanol–water partition coefficient (Wildman–Crippen LogP) is 7.02. The van der Waals surface area contributed by atoms with Crippen LogP contribution in [0.2, 0.25) is 0 Å². The van der Waals surface area contributed by atoms with Crippen molar-refractivity contribution in [3.05, 3.63) is 93.9 Å². The molecule has 6 N–H and O–H groups in total. The molecular weight excluding hydrogens is 493 g/mol. The zero-order valence-electron chi connectivity index (χ0n) is 22.3. The van der Waals surface area contributed by atoms with Crippen molar-refractivity contribution in [3.8, 4) is 0 Å². The molecule has 0 amide bonds. The highest BCUT2D eigenvalue weighted by Gasteiger charge is 2.35. The van der Waals surface area contributed by atoms with Crippen LogP contribution < -0.4 is 22.1 Å². The Morgan fingerprint density at radius 3 is 2.38 bits per heavy atom. The van der Waals surface area contributed by atoms with Gasteiger partial charge in [-0.2, -0.15) is 13.2 Å². The molecule has 0 fully saturated rings. The fourth-order valence-corrected chi connectivity index (χ4v) is 4.81. The molecule has 8 heteroatoms. The lowest BCUT2D eigenvalue weighted by Gasteiger charge is -2.25. The molecule has 2 aliphatic heterocycles. The van der Waals surface area contributed by atoms with Gasteiger partial charge < -0.3 is 22.1 Å². The minimum atomic E-state index is -4.56. The molecule has 1 aromatic rings. The molecule has 0 saturated carbocycles. The largest absolute Gasteiger partial charge is 0.407 e. The van der Waals surface area contributed by atoms with Gasteiger partial charge in [-0.3, -0.25) is 0 Å².